The summed E-state index contributed by atoms with van der Waals surface area (Å²) in [4.78, 5) is 2.29. The number of likely N-dealkylation sites (tertiary alicyclic amines) is 1. The Morgan fingerprint density at radius 2 is 1.84 bits per heavy atom. The summed E-state index contributed by atoms with van der Waals surface area (Å²) in [7, 11) is 0. The van der Waals surface area contributed by atoms with Gasteiger partial charge in [0.15, 0.2) is 0 Å². The fourth-order valence-corrected chi connectivity index (χ4v) is 5.32. The molecule has 2 aromatic rings. The van der Waals surface area contributed by atoms with E-state index in [-0.39, 0.29) is 29.1 Å². The van der Waals surface area contributed by atoms with Crippen molar-refractivity contribution in [3.05, 3.63) is 59.4 Å². The van der Waals surface area contributed by atoms with Gasteiger partial charge in [0.2, 0.25) is 0 Å². The number of nitrogens with one attached hydrogen (secondary N) is 1. The molecule has 2 unspecified atom stereocenters. The highest BCUT2D eigenvalue weighted by Crippen LogP contribution is 2.49. The summed E-state index contributed by atoms with van der Waals surface area (Å²) in [6, 6.07) is 11.1. The number of rotatable bonds is 3. The molecule has 2 fully saturated rings. The number of alkyl halides is 3. The summed E-state index contributed by atoms with van der Waals surface area (Å²) in [5, 5.41) is 3.60. The maximum Gasteiger partial charge on any atom is 0.573 e. The van der Waals surface area contributed by atoms with Crippen LogP contribution in [0.25, 0.3) is 0 Å². The van der Waals surface area contributed by atoms with Gasteiger partial charge in [-0.05, 0) is 60.7 Å². The minimum atomic E-state index is -4.68. The van der Waals surface area contributed by atoms with Crippen LogP contribution in [0.4, 0.5) is 23.2 Å². The van der Waals surface area contributed by atoms with Crippen LogP contribution in [0.5, 0.6) is 5.75 Å². The van der Waals surface area contributed by atoms with Crippen molar-refractivity contribution in [2.75, 3.05) is 25.0 Å². The number of hydrogen-bond donors (Lipinski definition) is 1. The van der Waals surface area contributed by atoms with E-state index in [0.29, 0.717) is 13.2 Å². The van der Waals surface area contributed by atoms with Gasteiger partial charge in [-0.2, -0.15) is 0 Å². The van der Waals surface area contributed by atoms with Crippen LogP contribution in [0.1, 0.15) is 36.3 Å². The molecular formula is C23H24F4N2O2. The molecule has 3 aliphatic heterocycles. The molecule has 0 radical (unpaired) electrons. The zero-order valence-electron chi connectivity index (χ0n) is 16.9. The molecule has 2 saturated heterocycles. The summed E-state index contributed by atoms with van der Waals surface area (Å²) < 4.78 is 61.0. The van der Waals surface area contributed by atoms with Crippen LogP contribution in [0.15, 0.2) is 42.5 Å². The van der Waals surface area contributed by atoms with Crippen molar-refractivity contribution in [1.82, 2.24) is 4.90 Å². The number of piperidine rings is 1. The topological polar surface area (TPSA) is 33.7 Å². The molecule has 31 heavy (non-hydrogen) atoms. The van der Waals surface area contributed by atoms with Crippen LogP contribution in [0.2, 0.25) is 0 Å². The van der Waals surface area contributed by atoms with E-state index in [1.54, 1.807) is 18.2 Å². The summed E-state index contributed by atoms with van der Waals surface area (Å²) in [5.41, 5.74) is 2.72. The second-order valence-electron chi connectivity index (χ2n) is 8.63. The van der Waals surface area contributed by atoms with Gasteiger partial charge in [-0.15, -0.1) is 13.2 Å². The normalized spacial score (nSPS) is 25.0. The van der Waals surface area contributed by atoms with E-state index >= 15 is 0 Å². The van der Waals surface area contributed by atoms with E-state index in [1.807, 2.05) is 6.07 Å². The Morgan fingerprint density at radius 3 is 2.55 bits per heavy atom. The highest BCUT2D eigenvalue weighted by molar-refractivity contribution is 5.60. The van der Waals surface area contributed by atoms with Gasteiger partial charge in [0.25, 0.3) is 0 Å². The number of hydrogen-bond acceptors (Lipinski definition) is 4. The first-order valence-electron chi connectivity index (χ1n) is 10.6. The fourth-order valence-electron chi connectivity index (χ4n) is 5.32. The van der Waals surface area contributed by atoms with E-state index < -0.39 is 6.36 Å². The van der Waals surface area contributed by atoms with Crippen molar-refractivity contribution in [3.8, 4) is 5.75 Å². The van der Waals surface area contributed by atoms with Crippen LogP contribution >= 0.6 is 0 Å². The Labute approximate surface area is 178 Å². The summed E-state index contributed by atoms with van der Waals surface area (Å²) in [6.45, 7) is 2.99. The van der Waals surface area contributed by atoms with Crippen LogP contribution in [0, 0.1) is 5.82 Å². The first-order valence-corrected chi connectivity index (χ1v) is 10.6. The van der Waals surface area contributed by atoms with E-state index in [2.05, 4.69) is 15.0 Å². The molecule has 2 atom stereocenters. The molecule has 0 aromatic heterocycles. The van der Waals surface area contributed by atoms with Gasteiger partial charge in [0.05, 0.1) is 11.6 Å². The Hall–Kier alpha value is -2.32. The minimum Gasteiger partial charge on any atom is -0.406 e. The van der Waals surface area contributed by atoms with Crippen molar-refractivity contribution in [2.24, 2.45) is 0 Å². The van der Waals surface area contributed by atoms with Gasteiger partial charge < -0.3 is 14.8 Å². The Morgan fingerprint density at radius 1 is 1.10 bits per heavy atom. The summed E-state index contributed by atoms with van der Waals surface area (Å²) >= 11 is 0. The van der Waals surface area contributed by atoms with E-state index in [0.717, 1.165) is 49.2 Å². The van der Waals surface area contributed by atoms with Crippen molar-refractivity contribution < 1.29 is 27.0 Å². The zero-order chi connectivity index (χ0) is 21.6. The maximum atomic E-state index is 13.8. The SMILES string of the molecule is Fc1ccc2c(c1)C1CCOC3(CCN(Cc4ccc(OC(F)(F)F)cc4)CC3)C1N2. The first-order chi connectivity index (χ1) is 14.8. The second kappa shape index (κ2) is 7.67. The number of ether oxygens (including phenoxy) is 2. The highest BCUT2D eigenvalue weighted by Gasteiger charge is 2.52. The van der Waals surface area contributed by atoms with E-state index in [4.69, 9.17) is 4.74 Å². The second-order valence-corrected chi connectivity index (χ2v) is 8.63. The molecule has 0 aliphatic carbocycles. The highest BCUT2D eigenvalue weighted by atomic mass is 19.4. The molecule has 3 heterocycles. The van der Waals surface area contributed by atoms with Crippen molar-refractivity contribution in [2.45, 2.75) is 49.7 Å². The predicted molar refractivity (Wildman–Crippen MR) is 107 cm³/mol. The molecule has 8 heteroatoms. The van der Waals surface area contributed by atoms with Gasteiger partial charge in [-0.25, -0.2) is 4.39 Å². The van der Waals surface area contributed by atoms with Crippen LogP contribution in [-0.4, -0.2) is 42.6 Å². The predicted octanol–water partition coefficient (Wildman–Crippen LogP) is 5.06. The maximum absolute atomic E-state index is 13.8. The summed E-state index contributed by atoms with van der Waals surface area (Å²) in [6.07, 6.45) is -2.09. The number of fused-ring (bicyclic) bond motifs is 4. The standard InChI is InChI=1S/C23H24F4N2O2/c24-16-3-6-20-19(13-16)18-7-12-30-22(21(18)28-20)8-10-29(11-9-22)14-15-1-4-17(5-2-15)31-23(25,26)27/h1-6,13,18,21,28H,7-12,14H2. The lowest BCUT2D eigenvalue weighted by molar-refractivity contribution is -0.274. The lowest BCUT2D eigenvalue weighted by Crippen LogP contribution is -2.58. The van der Waals surface area contributed by atoms with Crippen molar-refractivity contribution in [1.29, 1.82) is 0 Å². The van der Waals surface area contributed by atoms with E-state index in [9.17, 15) is 17.6 Å². The molecule has 1 N–H and O–H groups in total. The first kappa shape index (κ1) is 20.6. The quantitative estimate of drug-likeness (QED) is 0.683. The molecule has 3 aliphatic rings. The third kappa shape index (κ3) is 4.11. The van der Waals surface area contributed by atoms with Gasteiger partial charge in [0, 0.05) is 37.8 Å². The Balaban J connectivity index is 1.22. The Bertz CT molecular complexity index is 940. The van der Waals surface area contributed by atoms with Crippen LogP contribution in [-0.2, 0) is 11.3 Å². The monoisotopic (exact) mass is 436 g/mol. The molecule has 5 rings (SSSR count). The largest absolute Gasteiger partial charge is 0.573 e. The molecule has 4 nitrogen and oxygen atoms in total. The third-order valence-corrected chi connectivity index (χ3v) is 6.78. The Kier molecular flexibility index (Phi) is 5.09. The van der Waals surface area contributed by atoms with Crippen LogP contribution in [0.3, 0.4) is 0 Å². The lowest BCUT2D eigenvalue weighted by Gasteiger charge is -2.49. The smallest absolute Gasteiger partial charge is 0.406 e. The molecule has 0 amide bonds. The molecule has 0 saturated carbocycles. The van der Waals surface area contributed by atoms with Crippen molar-refractivity contribution >= 4 is 5.69 Å². The lowest BCUT2D eigenvalue weighted by atomic mass is 9.74. The van der Waals surface area contributed by atoms with Crippen LogP contribution < -0.4 is 10.1 Å². The molecule has 166 valence electrons. The van der Waals surface area contributed by atoms with Gasteiger partial charge in [-0.3, -0.25) is 4.90 Å². The fraction of sp³-hybridized carbons (Fsp3) is 0.478. The van der Waals surface area contributed by atoms with Gasteiger partial charge in [-0.1, -0.05) is 12.1 Å². The number of halogens is 4. The third-order valence-electron chi connectivity index (χ3n) is 6.78. The molecule has 1 spiro atoms. The molecule has 2 aromatic carbocycles. The molecule has 0 bridgehead atoms. The van der Waals surface area contributed by atoms with Gasteiger partial charge in [0.1, 0.15) is 11.6 Å². The van der Waals surface area contributed by atoms with Crippen molar-refractivity contribution in [3.63, 3.8) is 0 Å². The zero-order valence-corrected chi connectivity index (χ0v) is 16.9. The number of benzene rings is 2. The average molecular weight is 436 g/mol. The molecular weight excluding hydrogens is 412 g/mol. The minimum absolute atomic E-state index is 0.138. The number of nitrogens with zero attached hydrogens (tertiary/aromatic N) is 1. The van der Waals surface area contributed by atoms with E-state index in [1.165, 1.54) is 18.2 Å². The summed E-state index contributed by atoms with van der Waals surface area (Å²) in [5.74, 6) is -0.158. The van der Waals surface area contributed by atoms with Gasteiger partial charge >= 0.3 is 6.36 Å². The average Bonchev–Trinajstić information content (AvgIpc) is 3.10. The number of anilines is 1.